The van der Waals surface area contributed by atoms with E-state index in [2.05, 4.69) is 11.8 Å². The number of esters is 2. The Hall–Kier alpha value is -2.34. The van der Waals surface area contributed by atoms with Crippen LogP contribution in [0.5, 0.6) is 5.75 Å². The molecule has 1 atom stereocenters. The van der Waals surface area contributed by atoms with Crippen LogP contribution in [0.25, 0.3) is 6.08 Å². The Morgan fingerprint density at radius 3 is 2.48 bits per heavy atom. The van der Waals surface area contributed by atoms with Crippen molar-refractivity contribution in [3.8, 4) is 5.75 Å². The highest BCUT2D eigenvalue weighted by molar-refractivity contribution is 6.18. The number of carbonyl (C=O) groups is 2. The minimum Gasteiger partial charge on any atom is -0.492 e. The Kier molecular flexibility index (Phi) is 5.85. The van der Waals surface area contributed by atoms with E-state index in [-0.39, 0.29) is 5.57 Å². The molecule has 0 spiro atoms. The molecule has 2 heterocycles. The van der Waals surface area contributed by atoms with Crippen molar-refractivity contribution < 1.29 is 23.8 Å². The van der Waals surface area contributed by atoms with Gasteiger partial charge in [-0.15, -0.1) is 0 Å². The van der Waals surface area contributed by atoms with Gasteiger partial charge in [0.25, 0.3) is 5.79 Å². The smallest absolute Gasteiger partial charge is 0.348 e. The number of rotatable bonds is 5. The molecule has 1 unspecified atom stereocenters. The number of nitrogens with zero attached hydrogens (tertiary/aromatic N) is 1. The first-order valence-corrected chi connectivity index (χ1v) is 9.46. The van der Waals surface area contributed by atoms with Crippen LogP contribution in [-0.2, 0) is 19.1 Å². The average molecular weight is 373 g/mol. The van der Waals surface area contributed by atoms with Crippen LogP contribution in [0.1, 0.15) is 39.2 Å². The Morgan fingerprint density at radius 2 is 1.85 bits per heavy atom. The van der Waals surface area contributed by atoms with Crippen LogP contribution in [0.2, 0.25) is 0 Å². The predicted molar refractivity (Wildman–Crippen MR) is 101 cm³/mol. The number of ether oxygens (including phenoxy) is 3. The van der Waals surface area contributed by atoms with Crippen molar-refractivity contribution in [1.82, 2.24) is 4.90 Å². The molecular formula is C21H27NO5. The molecule has 0 bridgehead atoms. The van der Waals surface area contributed by atoms with E-state index in [0.29, 0.717) is 12.2 Å². The van der Waals surface area contributed by atoms with Gasteiger partial charge in [0.1, 0.15) is 17.9 Å². The molecule has 2 aliphatic rings. The molecule has 6 heteroatoms. The molecule has 2 fully saturated rings. The summed E-state index contributed by atoms with van der Waals surface area (Å²) >= 11 is 0. The van der Waals surface area contributed by atoms with Gasteiger partial charge >= 0.3 is 11.9 Å². The maximum Gasteiger partial charge on any atom is 0.348 e. The number of benzene rings is 1. The van der Waals surface area contributed by atoms with E-state index in [4.69, 9.17) is 14.2 Å². The lowest BCUT2D eigenvalue weighted by Gasteiger charge is -2.30. The molecule has 27 heavy (non-hydrogen) atoms. The van der Waals surface area contributed by atoms with Crippen molar-refractivity contribution in [2.45, 2.75) is 39.4 Å². The number of hydrogen-bond acceptors (Lipinski definition) is 6. The molecular weight excluding hydrogens is 346 g/mol. The van der Waals surface area contributed by atoms with Crippen molar-refractivity contribution in [2.24, 2.45) is 5.92 Å². The highest BCUT2D eigenvalue weighted by atomic mass is 16.7. The minimum absolute atomic E-state index is 0.109. The molecule has 2 saturated heterocycles. The fourth-order valence-electron chi connectivity index (χ4n) is 3.39. The summed E-state index contributed by atoms with van der Waals surface area (Å²) in [4.78, 5) is 26.4. The zero-order valence-electron chi connectivity index (χ0n) is 16.2. The summed E-state index contributed by atoms with van der Waals surface area (Å²) in [6.45, 7) is 9.18. The third-order valence-electron chi connectivity index (χ3n) is 4.73. The van der Waals surface area contributed by atoms with Crippen LogP contribution >= 0.6 is 0 Å². The lowest BCUT2D eigenvalue weighted by atomic mass is 10.0. The molecule has 0 aromatic heterocycles. The highest BCUT2D eigenvalue weighted by Gasteiger charge is 2.38. The van der Waals surface area contributed by atoms with E-state index < -0.39 is 17.7 Å². The Bertz CT molecular complexity index is 701. The molecule has 0 radical (unpaired) electrons. The molecule has 3 rings (SSSR count). The SMILES string of the molecule is CC1CCCN(CCOc2ccc(C=C3C(=O)OC(C)(C)OC3=O)cc2)C1. The van der Waals surface area contributed by atoms with Crippen LogP contribution < -0.4 is 4.74 Å². The third-order valence-corrected chi connectivity index (χ3v) is 4.73. The fourth-order valence-corrected chi connectivity index (χ4v) is 3.39. The van der Waals surface area contributed by atoms with Crippen LogP contribution in [0.15, 0.2) is 29.8 Å². The predicted octanol–water partition coefficient (Wildman–Crippen LogP) is 3.02. The van der Waals surface area contributed by atoms with Gasteiger partial charge in [-0.05, 0) is 49.1 Å². The molecule has 6 nitrogen and oxygen atoms in total. The average Bonchev–Trinajstić information content (AvgIpc) is 2.59. The van der Waals surface area contributed by atoms with Crippen molar-refractivity contribution in [1.29, 1.82) is 0 Å². The van der Waals surface area contributed by atoms with Gasteiger partial charge < -0.3 is 14.2 Å². The molecule has 0 N–H and O–H groups in total. The van der Waals surface area contributed by atoms with Gasteiger partial charge in [0.2, 0.25) is 0 Å². The summed E-state index contributed by atoms with van der Waals surface area (Å²) in [6, 6.07) is 7.25. The molecule has 0 saturated carbocycles. The summed E-state index contributed by atoms with van der Waals surface area (Å²) in [6.07, 6.45) is 4.04. The molecule has 0 aliphatic carbocycles. The van der Waals surface area contributed by atoms with E-state index in [9.17, 15) is 9.59 Å². The minimum atomic E-state index is -1.23. The monoisotopic (exact) mass is 373 g/mol. The number of likely N-dealkylation sites (tertiary alicyclic amines) is 1. The van der Waals surface area contributed by atoms with Crippen LogP contribution in [0.4, 0.5) is 0 Å². The lowest BCUT2D eigenvalue weighted by molar-refractivity contribution is -0.222. The number of cyclic esters (lactones) is 2. The molecule has 1 aromatic carbocycles. The first-order valence-electron chi connectivity index (χ1n) is 9.46. The van der Waals surface area contributed by atoms with Gasteiger partial charge in [-0.2, -0.15) is 0 Å². The second-order valence-corrected chi connectivity index (χ2v) is 7.70. The van der Waals surface area contributed by atoms with Gasteiger partial charge in [-0.25, -0.2) is 9.59 Å². The number of carbonyl (C=O) groups excluding carboxylic acids is 2. The Labute approximate surface area is 160 Å². The van der Waals surface area contributed by atoms with Crippen LogP contribution in [0, 0.1) is 5.92 Å². The lowest BCUT2D eigenvalue weighted by Crippen LogP contribution is -2.41. The Balaban J connectivity index is 1.54. The van der Waals surface area contributed by atoms with Gasteiger partial charge in [-0.3, -0.25) is 4.90 Å². The molecule has 2 aliphatic heterocycles. The molecule has 1 aromatic rings. The summed E-state index contributed by atoms with van der Waals surface area (Å²) in [7, 11) is 0. The van der Waals surface area contributed by atoms with Gasteiger partial charge in [0.05, 0.1) is 0 Å². The van der Waals surface area contributed by atoms with E-state index in [0.717, 1.165) is 31.3 Å². The zero-order chi connectivity index (χ0) is 19.4. The van der Waals surface area contributed by atoms with Crippen LogP contribution in [0.3, 0.4) is 0 Å². The second kappa shape index (κ2) is 8.13. The quantitative estimate of drug-likeness (QED) is 0.449. The van der Waals surface area contributed by atoms with Crippen molar-refractivity contribution >= 4 is 18.0 Å². The maximum absolute atomic E-state index is 12.0. The van der Waals surface area contributed by atoms with Crippen molar-refractivity contribution in [3.63, 3.8) is 0 Å². The van der Waals surface area contributed by atoms with Crippen molar-refractivity contribution in [2.75, 3.05) is 26.2 Å². The molecule has 146 valence electrons. The normalized spacial score (nSPS) is 22.8. The van der Waals surface area contributed by atoms with Gasteiger partial charge in [0, 0.05) is 26.9 Å². The standard InChI is InChI=1S/C21H27NO5/c1-15-5-4-10-22(14-15)11-12-25-17-8-6-16(7-9-17)13-18-19(23)26-21(2,3)27-20(18)24/h6-9,13,15H,4-5,10-12,14H2,1-3H3. The number of hydrogen-bond donors (Lipinski definition) is 0. The summed E-state index contributed by atoms with van der Waals surface area (Å²) in [5.74, 6) is -1.05. The van der Waals surface area contributed by atoms with Crippen LogP contribution in [-0.4, -0.2) is 48.9 Å². The third kappa shape index (κ3) is 5.32. The summed E-state index contributed by atoms with van der Waals surface area (Å²) in [5.41, 5.74) is 0.595. The summed E-state index contributed by atoms with van der Waals surface area (Å²) in [5, 5.41) is 0. The Morgan fingerprint density at radius 1 is 1.19 bits per heavy atom. The maximum atomic E-state index is 12.0. The molecule has 0 amide bonds. The zero-order valence-corrected chi connectivity index (χ0v) is 16.2. The van der Waals surface area contributed by atoms with E-state index in [1.807, 2.05) is 12.1 Å². The van der Waals surface area contributed by atoms with E-state index in [1.165, 1.54) is 32.8 Å². The topological polar surface area (TPSA) is 65.1 Å². The van der Waals surface area contributed by atoms with Crippen molar-refractivity contribution in [3.05, 3.63) is 35.4 Å². The first kappa shape index (κ1) is 19.4. The highest BCUT2D eigenvalue weighted by Crippen LogP contribution is 2.24. The summed E-state index contributed by atoms with van der Waals surface area (Å²) < 4.78 is 16.0. The largest absolute Gasteiger partial charge is 0.492 e. The second-order valence-electron chi connectivity index (χ2n) is 7.70. The first-order chi connectivity index (χ1) is 12.8. The van der Waals surface area contributed by atoms with Gasteiger partial charge in [0.15, 0.2) is 0 Å². The van der Waals surface area contributed by atoms with E-state index >= 15 is 0 Å². The fraction of sp³-hybridized carbons (Fsp3) is 0.524. The van der Waals surface area contributed by atoms with E-state index in [1.54, 1.807) is 12.1 Å². The number of piperidine rings is 1. The van der Waals surface area contributed by atoms with Gasteiger partial charge in [-0.1, -0.05) is 19.1 Å².